The Balaban J connectivity index is -0.000000264. The van der Waals surface area contributed by atoms with Crippen molar-refractivity contribution in [2.24, 2.45) is 74.9 Å². The first-order valence-corrected chi connectivity index (χ1v) is 47.2. The molecule has 2 saturated carbocycles. The minimum Gasteiger partial charge on any atom is -0.502 e. The monoisotopic (exact) mass is 1920 g/mol. The number of alkyl halides is 1. The Morgan fingerprint density at radius 1 is 0.515 bits per heavy atom. The van der Waals surface area contributed by atoms with Gasteiger partial charge in [0.25, 0.3) is 6.04 Å². The molecule has 0 aromatic heterocycles. The molecule has 13 atom stereocenters. The molecule has 30 heteroatoms. The number of hydrogen-bond donors (Lipinski definition) is 2. The predicted molar refractivity (Wildman–Crippen MR) is 517 cm³/mol. The van der Waals surface area contributed by atoms with Crippen molar-refractivity contribution >= 4 is 75.6 Å². The van der Waals surface area contributed by atoms with Gasteiger partial charge in [-0.25, -0.2) is 6.57 Å². The minimum atomic E-state index is -1.02. The molecule has 2 fully saturated rings. The van der Waals surface area contributed by atoms with Crippen LogP contribution >= 0.6 is 15.9 Å². The van der Waals surface area contributed by atoms with E-state index in [0.29, 0.717) is 88.4 Å². The molecule has 13 unspecified atom stereocenters. The Hall–Kier alpha value is -9.93. The van der Waals surface area contributed by atoms with Crippen LogP contribution in [0, 0.1) is 127 Å². The van der Waals surface area contributed by atoms with Gasteiger partial charge in [-0.3, -0.25) is 47.9 Å². The second-order valence-corrected chi connectivity index (χ2v) is 34.6. The molecule has 2 bridgehead atoms. The second-order valence-electron chi connectivity index (χ2n) is 34.0. The lowest BCUT2D eigenvalue weighted by Gasteiger charge is -2.25. The lowest BCUT2D eigenvalue weighted by Crippen LogP contribution is -2.34. The Morgan fingerprint density at radius 3 is 1.35 bits per heavy atom. The number of amides is 1. The van der Waals surface area contributed by atoms with Crippen molar-refractivity contribution in [3.8, 4) is 24.3 Å². The summed E-state index contributed by atoms with van der Waals surface area (Å²) in [5.41, 5.74) is -1.61. The van der Waals surface area contributed by atoms with E-state index in [0.717, 1.165) is 89.0 Å². The van der Waals surface area contributed by atoms with Crippen molar-refractivity contribution in [3.63, 3.8) is 0 Å². The number of carbonyl (C=O) groups is 10. The fourth-order valence-corrected chi connectivity index (χ4v) is 9.76. The third kappa shape index (κ3) is 66.4. The largest absolute Gasteiger partial charge is 0.502 e. The molecular formula is C102H167BrN6O23. The summed E-state index contributed by atoms with van der Waals surface area (Å²) in [5.74, 6) is -0.519. The van der Waals surface area contributed by atoms with Gasteiger partial charge in [-0.15, -0.1) is 6.58 Å². The van der Waals surface area contributed by atoms with Crippen molar-refractivity contribution < 1.29 is 110 Å². The van der Waals surface area contributed by atoms with Crippen LogP contribution in [0.3, 0.4) is 0 Å². The fraction of sp³-hybridized carbons (Fsp3) is 0.696. The number of nitriles is 4. The van der Waals surface area contributed by atoms with E-state index in [9.17, 15) is 47.9 Å². The van der Waals surface area contributed by atoms with Gasteiger partial charge in [-0.05, 0) is 181 Å². The number of carbonyl (C=O) groups excluding carboxylic acids is 10. The number of esters is 9. The average molecular weight is 1930 g/mol. The van der Waals surface area contributed by atoms with Crippen LogP contribution in [0.4, 0.5) is 0 Å². The average Bonchev–Trinajstić information content (AvgIpc) is 1.64. The molecule has 0 aliphatic heterocycles. The van der Waals surface area contributed by atoms with Crippen LogP contribution in [-0.2, 0) is 111 Å². The predicted octanol–water partition coefficient (Wildman–Crippen LogP) is 20.4. The number of benzene rings is 1. The van der Waals surface area contributed by atoms with Crippen molar-refractivity contribution in [1.29, 1.82) is 21.0 Å². The van der Waals surface area contributed by atoms with Gasteiger partial charge in [0.2, 0.25) is 5.91 Å². The van der Waals surface area contributed by atoms with E-state index in [2.05, 4.69) is 65.1 Å². The number of aliphatic hydroxyl groups excluding tert-OH is 1. The van der Waals surface area contributed by atoms with Crippen LogP contribution in [0.1, 0.15) is 287 Å². The summed E-state index contributed by atoms with van der Waals surface area (Å²) in [6, 6.07) is 15.0. The number of nitrogens with zero attached hydrogens (tertiary/aromatic N) is 5. The molecule has 1 aromatic carbocycles. The van der Waals surface area contributed by atoms with Crippen LogP contribution in [0.5, 0.6) is 0 Å². The highest BCUT2D eigenvalue weighted by molar-refractivity contribution is 9.09. The summed E-state index contributed by atoms with van der Waals surface area (Å²) < 4.78 is 60.2. The summed E-state index contributed by atoms with van der Waals surface area (Å²) in [4.78, 5) is 116. The molecule has 132 heavy (non-hydrogen) atoms. The molecule has 0 radical (unpaired) electrons. The Kier molecular flexibility index (Phi) is 83.7. The molecule has 0 spiro atoms. The van der Waals surface area contributed by atoms with Gasteiger partial charge in [-0.2, -0.15) is 21.0 Å². The van der Waals surface area contributed by atoms with Crippen molar-refractivity contribution in [1.82, 2.24) is 5.32 Å². The van der Waals surface area contributed by atoms with Gasteiger partial charge in [0.05, 0.1) is 127 Å². The number of aliphatic hydroxyl groups is 1. The first-order chi connectivity index (χ1) is 62.1. The minimum absolute atomic E-state index is 0.00545. The van der Waals surface area contributed by atoms with Gasteiger partial charge in [-0.1, -0.05) is 183 Å². The zero-order valence-electron chi connectivity index (χ0n) is 84.8. The number of fused-ring (bicyclic) bond motifs is 2. The van der Waals surface area contributed by atoms with Crippen LogP contribution in [0.25, 0.3) is 4.85 Å². The summed E-state index contributed by atoms with van der Waals surface area (Å²) >= 11 is 3.30. The third-order valence-corrected chi connectivity index (χ3v) is 22.9. The molecule has 2 aliphatic carbocycles. The number of unbranched alkanes of at least 4 members (excludes halogenated alkanes) is 1. The normalized spacial score (nSPS) is 15.7. The highest BCUT2D eigenvalue weighted by Gasteiger charge is 2.48. The summed E-state index contributed by atoms with van der Waals surface area (Å²) in [6.07, 6.45) is 20.3. The molecule has 2 N–H and O–H groups in total. The van der Waals surface area contributed by atoms with Gasteiger partial charge in [0.15, 0.2) is 12.2 Å². The lowest BCUT2D eigenvalue weighted by atomic mass is 9.88. The van der Waals surface area contributed by atoms with Crippen molar-refractivity contribution in [3.05, 3.63) is 110 Å². The van der Waals surface area contributed by atoms with Gasteiger partial charge in [0, 0.05) is 30.6 Å². The zero-order valence-corrected chi connectivity index (χ0v) is 86.4. The van der Waals surface area contributed by atoms with E-state index >= 15 is 0 Å². The fourth-order valence-electron chi connectivity index (χ4n) is 9.13. The molecule has 0 heterocycles. The standard InChI is InChI=1S/C13H19NO2.C13H15NO2.C11H20O4.C11H20O3.2C10H17NO2.C9H15BrO2.C9H16O3.C8H13NO2.C8H15NO/c1-3-8(2)13(15)16-12-6-9-4-10(12)5-11(9)7-14;1-3-10(2)13(15)16-9-12-6-4-11(8-14)5-7-12;1-4-10(3)11(12)15-9-8-14-7-6-13-5-2;1-4-10(3)11(12)14-9-7-6-8-13-5-2;1-6-9(2,3)8(12)13-10(4,5)7-11;1-6-10(3,4)9(12)13-7-8(2)11-5;2*1-4-6-12-8(11)9(3,5-2)7-10;1-3-7(2)8(10)11-6-4-5-9;1-4-6-9-8(10)7(3)5-2/h8-12H,3-6H2,1-2H3;4-7,10H,3,9H2,1-2H3;5,10H,2,4,6-9H2,1,3H3;5,10H,2,4,6-9H2,1,3H3;6H2,1-5H3;8H,6-7H2,1-4H3;4H,1,5-7H2,2-3H3;4,10H,1,5-7H2,2-3H3;7H,3-4,6H2,1-2H3;4,7H,1,5-6H2,2-3H3,(H,9,10). The second kappa shape index (κ2) is 81.8. The van der Waals surface area contributed by atoms with Gasteiger partial charge in [0.1, 0.15) is 51.8 Å². The highest BCUT2D eigenvalue weighted by Crippen LogP contribution is 2.49. The SMILES string of the molecule is C=CCNC(=O)C(C)CC.C=CCOC(=O)C(C)(CC)CBr.C=CCOC(=O)C(C)(CC)CO.C=COCCCCOC(=O)C(C)CC.C=COCCOCCOC(=O)C(C)CC.CCC(C)(C)C(=O)OC(C)(C)C#N.CCC(C)C(=O)OC1CC2CC1CC2C#N.CCC(C)C(=O)OCCC#N.CCC(C)C(=O)OCc1ccc(C#N)cc1.[C-]#[N+]C(C)COC(=O)C(C)(C)CC. The Bertz CT molecular complexity index is 3600. The molecule has 0 saturated heterocycles. The summed E-state index contributed by atoms with van der Waals surface area (Å²) in [7, 11) is 0. The number of hydrogen-bond acceptors (Lipinski definition) is 27. The quantitative estimate of drug-likeness (QED) is 0.0116. The maximum absolute atomic E-state index is 11.7. The van der Waals surface area contributed by atoms with E-state index < -0.39 is 27.3 Å². The van der Waals surface area contributed by atoms with E-state index in [4.69, 9.17) is 89.6 Å². The number of nitrogens with one attached hydrogen (secondary N) is 1. The number of rotatable bonds is 49. The van der Waals surface area contributed by atoms with Gasteiger partial charge < -0.3 is 72.1 Å². The molecule has 1 aromatic rings. The van der Waals surface area contributed by atoms with Crippen molar-refractivity contribution in [2.45, 2.75) is 300 Å². The third-order valence-electron chi connectivity index (χ3n) is 21.7. The summed E-state index contributed by atoms with van der Waals surface area (Å²) in [6.45, 7) is 74.8. The molecule has 2 aliphatic rings. The first-order valence-electron chi connectivity index (χ1n) is 46.1. The lowest BCUT2D eigenvalue weighted by molar-refractivity contribution is -0.163. The Labute approximate surface area is 801 Å². The zero-order chi connectivity index (χ0) is 103. The molecule has 29 nitrogen and oxygen atoms in total. The molecule has 1 amide bonds. The first kappa shape index (κ1) is 135. The van der Waals surface area contributed by atoms with Crippen LogP contribution < -0.4 is 5.32 Å². The van der Waals surface area contributed by atoms with Crippen molar-refractivity contribution in [2.75, 3.05) is 84.6 Å². The topological polar surface area (TPSA) is 413 Å². The molecular weight excluding hydrogens is 1760 g/mol. The van der Waals surface area contributed by atoms with Crippen LogP contribution in [-0.4, -0.2) is 167 Å². The van der Waals surface area contributed by atoms with E-state index in [1.807, 2.05) is 164 Å². The summed E-state index contributed by atoms with van der Waals surface area (Å²) in [5, 5.41) is 46.6. The van der Waals surface area contributed by atoms with E-state index in [-0.39, 0.29) is 153 Å². The van der Waals surface area contributed by atoms with E-state index in [1.165, 1.54) is 18.6 Å². The molecule has 3 rings (SSSR count). The smallest absolute Gasteiger partial charge is 0.314 e. The van der Waals surface area contributed by atoms with E-state index in [1.54, 1.807) is 64.1 Å². The molecule has 750 valence electrons. The maximum Gasteiger partial charge on any atom is 0.314 e. The highest BCUT2D eigenvalue weighted by atomic mass is 79.9. The van der Waals surface area contributed by atoms with Crippen LogP contribution in [0.2, 0.25) is 0 Å². The van der Waals surface area contributed by atoms with Crippen LogP contribution in [0.15, 0.2) is 87.9 Å². The number of ether oxygens (including phenoxy) is 12. The maximum atomic E-state index is 11.7. The van der Waals surface area contributed by atoms with Gasteiger partial charge >= 0.3 is 53.7 Å². The Morgan fingerprint density at radius 2 is 0.955 bits per heavy atom. The number of halogens is 1.